The molecule has 0 atom stereocenters. The first kappa shape index (κ1) is 11.0. The molecule has 0 amide bonds. The van der Waals surface area contributed by atoms with Gasteiger partial charge >= 0.3 is 0 Å². The molecule has 0 saturated heterocycles. The van der Waals surface area contributed by atoms with E-state index < -0.39 is 4.92 Å². The maximum atomic E-state index is 10.9. The van der Waals surface area contributed by atoms with Gasteiger partial charge in [0.15, 0.2) is 5.82 Å². The highest BCUT2D eigenvalue weighted by Crippen LogP contribution is 2.31. The SMILES string of the molecule is NNc1nccnc1-c1ccccc1[N+](=O)[O-]. The van der Waals surface area contributed by atoms with E-state index in [0.29, 0.717) is 17.1 Å². The van der Waals surface area contributed by atoms with Crippen LogP contribution in [-0.4, -0.2) is 14.9 Å². The number of nitrogens with zero attached hydrogens (tertiary/aromatic N) is 3. The maximum Gasteiger partial charge on any atom is 0.278 e. The Morgan fingerprint density at radius 2 is 1.94 bits per heavy atom. The number of benzene rings is 1. The van der Waals surface area contributed by atoms with Crippen LogP contribution in [0.2, 0.25) is 0 Å². The van der Waals surface area contributed by atoms with Crippen molar-refractivity contribution in [3.05, 3.63) is 46.8 Å². The molecule has 0 fully saturated rings. The van der Waals surface area contributed by atoms with Gasteiger partial charge in [0.2, 0.25) is 0 Å². The molecule has 0 aliphatic carbocycles. The van der Waals surface area contributed by atoms with E-state index in [1.54, 1.807) is 18.2 Å². The molecule has 2 rings (SSSR count). The van der Waals surface area contributed by atoms with E-state index in [4.69, 9.17) is 5.84 Å². The van der Waals surface area contributed by atoms with Gasteiger partial charge in [0.05, 0.1) is 10.5 Å². The zero-order valence-corrected chi connectivity index (χ0v) is 8.70. The predicted octanol–water partition coefficient (Wildman–Crippen LogP) is 1.34. The molecular formula is C10H9N5O2. The number of nitrogens with one attached hydrogen (secondary N) is 1. The van der Waals surface area contributed by atoms with Crippen LogP contribution in [0, 0.1) is 10.1 Å². The number of anilines is 1. The number of nitro benzene ring substituents is 1. The third-order valence-corrected chi connectivity index (χ3v) is 2.19. The van der Waals surface area contributed by atoms with Crippen molar-refractivity contribution in [1.29, 1.82) is 0 Å². The third kappa shape index (κ3) is 2.04. The lowest BCUT2D eigenvalue weighted by Gasteiger charge is -2.06. The van der Waals surface area contributed by atoms with Gasteiger partial charge in [-0.3, -0.25) is 15.1 Å². The predicted molar refractivity (Wildman–Crippen MR) is 61.9 cm³/mol. The minimum absolute atomic E-state index is 0.0375. The van der Waals surface area contributed by atoms with E-state index in [2.05, 4.69) is 15.4 Å². The molecule has 0 aliphatic heterocycles. The quantitative estimate of drug-likeness (QED) is 0.469. The number of hydrogen-bond donors (Lipinski definition) is 2. The molecule has 0 bridgehead atoms. The number of para-hydroxylation sites is 1. The first-order chi connectivity index (χ1) is 8.24. The minimum atomic E-state index is -0.468. The fourth-order valence-electron chi connectivity index (χ4n) is 1.47. The first-order valence-corrected chi connectivity index (χ1v) is 4.75. The van der Waals surface area contributed by atoms with E-state index in [1.165, 1.54) is 18.5 Å². The topological polar surface area (TPSA) is 107 Å². The Hall–Kier alpha value is -2.54. The largest absolute Gasteiger partial charge is 0.307 e. The highest BCUT2D eigenvalue weighted by molar-refractivity contribution is 5.78. The maximum absolute atomic E-state index is 10.9. The molecule has 2 aromatic rings. The zero-order chi connectivity index (χ0) is 12.3. The molecule has 0 saturated carbocycles. The minimum Gasteiger partial charge on any atom is -0.307 e. The van der Waals surface area contributed by atoms with Crippen LogP contribution in [0.4, 0.5) is 11.5 Å². The summed E-state index contributed by atoms with van der Waals surface area (Å²) in [5, 5.41) is 10.9. The number of hydrazine groups is 1. The molecule has 17 heavy (non-hydrogen) atoms. The summed E-state index contributed by atoms with van der Waals surface area (Å²) < 4.78 is 0. The number of hydrogen-bond acceptors (Lipinski definition) is 6. The van der Waals surface area contributed by atoms with Crippen molar-refractivity contribution < 1.29 is 4.92 Å². The summed E-state index contributed by atoms with van der Waals surface area (Å²) in [5.41, 5.74) is 3.05. The lowest BCUT2D eigenvalue weighted by molar-refractivity contribution is -0.384. The summed E-state index contributed by atoms with van der Waals surface area (Å²) in [4.78, 5) is 18.4. The third-order valence-electron chi connectivity index (χ3n) is 2.19. The van der Waals surface area contributed by atoms with Crippen LogP contribution in [0.15, 0.2) is 36.7 Å². The normalized spacial score (nSPS) is 9.94. The number of nitrogens with two attached hydrogens (primary N) is 1. The smallest absolute Gasteiger partial charge is 0.278 e. The van der Waals surface area contributed by atoms with Gasteiger partial charge in [-0.2, -0.15) is 0 Å². The van der Waals surface area contributed by atoms with E-state index in [1.807, 2.05) is 0 Å². The van der Waals surface area contributed by atoms with Crippen LogP contribution in [0.3, 0.4) is 0 Å². The Labute approximate surface area is 96.4 Å². The number of nitrogen functional groups attached to an aromatic ring is 1. The van der Waals surface area contributed by atoms with E-state index in [-0.39, 0.29) is 5.69 Å². The van der Waals surface area contributed by atoms with Gasteiger partial charge in [0.1, 0.15) is 5.69 Å². The van der Waals surface area contributed by atoms with Crippen molar-refractivity contribution in [3.63, 3.8) is 0 Å². The summed E-state index contributed by atoms with van der Waals surface area (Å²) in [7, 11) is 0. The van der Waals surface area contributed by atoms with Gasteiger partial charge < -0.3 is 5.43 Å². The zero-order valence-electron chi connectivity index (χ0n) is 8.70. The van der Waals surface area contributed by atoms with Crippen molar-refractivity contribution in [2.75, 3.05) is 5.43 Å². The molecule has 0 spiro atoms. The first-order valence-electron chi connectivity index (χ1n) is 4.75. The number of rotatable bonds is 3. The van der Waals surface area contributed by atoms with Crippen LogP contribution >= 0.6 is 0 Å². The lowest BCUT2D eigenvalue weighted by Crippen LogP contribution is -2.10. The molecule has 3 N–H and O–H groups in total. The average molecular weight is 231 g/mol. The highest BCUT2D eigenvalue weighted by Gasteiger charge is 2.18. The molecule has 1 heterocycles. The summed E-state index contributed by atoms with van der Waals surface area (Å²) in [6.45, 7) is 0. The van der Waals surface area contributed by atoms with Crippen molar-refractivity contribution in [2.45, 2.75) is 0 Å². The summed E-state index contributed by atoms with van der Waals surface area (Å²) in [6, 6.07) is 6.29. The van der Waals surface area contributed by atoms with Gasteiger partial charge in [-0.05, 0) is 6.07 Å². The average Bonchev–Trinajstić information content (AvgIpc) is 2.38. The molecule has 0 unspecified atom stereocenters. The van der Waals surface area contributed by atoms with Gasteiger partial charge in [0.25, 0.3) is 5.69 Å². The molecular weight excluding hydrogens is 222 g/mol. The molecule has 7 heteroatoms. The van der Waals surface area contributed by atoms with E-state index in [0.717, 1.165) is 0 Å². The Balaban J connectivity index is 2.64. The summed E-state index contributed by atoms with van der Waals surface area (Å²) in [5.74, 6) is 5.59. The van der Waals surface area contributed by atoms with Crippen LogP contribution in [-0.2, 0) is 0 Å². The number of aromatic nitrogens is 2. The Kier molecular flexibility index (Phi) is 2.93. The highest BCUT2D eigenvalue weighted by atomic mass is 16.6. The second kappa shape index (κ2) is 4.54. The van der Waals surface area contributed by atoms with Crippen molar-refractivity contribution in [3.8, 4) is 11.3 Å². The molecule has 0 radical (unpaired) electrons. The van der Waals surface area contributed by atoms with Crippen molar-refractivity contribution >= 4 is 11.5 Å². The van der Waals surface area contributed by atoms with Gasteiger partial charge in [0, 0.05) is 18.5 Å². The monoisotopic (exact) mass is 231 g/mol. The second-order valence-electron chi connectivity index (χ2n) is 3.17. The van der Waals surface area contributed by atoms with Gasteiger partial charge in [-0.1, -0.05) is 12.1 Å². The van der Waals surface area contributed by atoms with E-state index >= 15 is 0 Å². The molecule has 0 aliphatic rings. The molecule has 86 valence electrons. The van der Waals surface area contributed by atoms with Crippen LogP contribution in [0.5, 0.6) is 0 Å². The van der Waals surface area contributed by atoms with E-state index in [9.17, 15) is 10.1 Å². The van der Waals surface area contributed by atoms with Crippen LogP contribution < -0.4 is 11.3 Å². The van der Waals surface area contributed by atoms with Crippen LogP contribution in [0.1, 0.15) is 0 Å². The number of nitro groups is 1. The van der Waals surface area contributed by atoms with Gasteiger partial charge in [-0.15, -0.1) is 0 Å². The molecule has 7 nitrogen and oxygen atoms in total. The molecule has 1 aromatic carbocycles. The summed E-state index contributed by atoms with van der Waals surface area (Å²) in [6.07, 6.45) is 2.90. The van der Waals surface area contributed by atoms with Crippen molar-refractivity contribution in [1.82, 2.24) is 9.97 Å². The fraction of sp³-hybridized carbons (Fsp3) is 0. The Morgan fingerprint density at radius 1 is 1.24 bits per heavy atom. The lowest BCUT2D eigenvalue weighted by atomic mass is 10.1. The van der Waals surface area contributed by atoms with Crippen molar-refractivity contribution in [2.24, 2.45) is 5.84 Å². The Bertz CT molecular complexity index is 558. The van der Waals surface area contributed by atoms with Gasteiger partial charge in [-0.25, -0.2) is 10.8 Å². The Morgan fingerprint density at radius 3 is 2.65 bits per heavy atom. The molecule has 1 aromatic heterocycles. The summed E-state index contributed by atoms with van der Waals surface area (Å²) >= 11 is 0. The second-order valence-corrected chi connectivity index (χ2v) is 3.17. The van der Waals surface area contributed by atoms with Crippen LogP contribution in [0.25, 0.3) is 11.3 Å². The standard InChI is InChI=1S/C10H9N5O2/c11-14-10-9(12-5-6-13-10)7-3-1-2-4-8(7)15(16)17/h1-6H,11H2,(H,13,14). The fourth-order valence-corrected chi connectivity index (χ4v) is 1.47.